The quantitative estimate of drug-likeness (QED) is 0.491. The van der Waals surface area contributed by atoms with E-state index in [0.717, 1.165) is 0 Å². The summed E-state index contributed by atoms with van der Waals surface area (Å²) >= 11 is 17.4. The van der Waals surface area contributed by atoms with Crippen molar-refractivity contribution in [1.29, 1.82) is 0 Å². The van der Waals surface area contributed by atoms with Gasteiger partial charge < -0.3 is 5.32 Å². The zero-order valence-electron chi connectivity index (χ0n) is 11.5. The topological polar surface area (TPSA) is 70.6 Å². The Bertz CT molecular complexity index is 761. The van der Waals surface area contributed by atoms with E-state index in [1.807, 2.05) is 0 Å². The smallest absolute Gasteiger partial charge is 0.316 e. The molecule has 0 unspecified atom stereocenters. The normalized spacial score (nSPS) is 10.6. The zero-order valence-corrected chi connectivity index (χ0v) is 13.8. The number of hydrogen-bond donors (Lipinski definition) is 2. The summed E-state index contributed by atoms with van der Waals surface area (Å²) in [6, 6.07) is 11.3. The van der Waals surface area contributed by atoms with Crippen LogP contribution in [0.3, 0.4) is 0 Å². The lowest BCUT2D eigenvalue weighted by molar-refractivity contribution is -0.136. The molecule has 0 spiro atoms. The van der Waals surface area contributed by atoms with Gasteiger partial charge in [0.05, 0.1) is 16.9 Å². The molecule has 0 saturated heterocycles. The van der Waals surface area contributed by atoms with Gasteiger partial charge in [0.15, 0.2) is 0 Å². The van der Waals surface area contributed by atoms with Crippen LogP contribution in [0.2, 0.25) is 15.1 Å². The number of nitrogens with zero attached hydrogens (tertiary/aromatic N) is 1. The Balaban J connectivity index is 1.93. The Kier molecular flexibility index (Phi) is 5.98. The molecule has 5 nitrogen and oxygen atoms in total. The first kappa shape index (κ1) is 17.3. The Morgan fingerprint density at radius 3 is 2.26 bits per heavy atom. The number of carbonyl (C=O) groups excluding carboxylic acids is 2. The second-order valence-electron chi connectivity index (χ2n) is 4.33. The number of hydrazone groups is 1. The van der Waals surface area contributed by atoms with E-state index < -0.39 is 11.8 Å². The van der Waals surface area contributed by atoms with Crippen molar-refractivity contribution >= 4 is 58.5 Å². The van der Waals surface area contributed by atoms with Crippen molar-refractivity contribution in [3.63, 3.8) is 0 Å². The van der Waals surface area contributed by atoms with E-state index in [1.54, 1.807) is 30.3 Å². The molecule has 0 atom stereocenters. The molecule has 118 valence electrons. The third-order valence-corrected chi connectivity index (χ3v) is 3.45. The fourth-order valence-corrected chi connectivity index (χ4v) is 2.00. The van der Waals surface area contributed by atoms with E-state index in [9.17, 15) is 9.59 Å². The highest BCUT2D eigenvalue weighted by atomic mass is 35.5. The average Bonchev–Trinajstić information content (AvgIpc) is 2.52. The molecule has 0 bridgehead atoms. The van der Waals surface area contributed by atoms with Crippen molar-refractivity contribution in [3.8, 4) is 0 Å². The largest absolute Gasteiger partial charge is 0.329 e. The van der Waals surface area contributed by atoms with Crippen LogP contribution in [0.4, 0.5) is 5.69 Å². The van der Waals surface area contributed by atoms with Crippen molar-refractivity contribution < 1.29 is 9.59 Å². The molecule has 2 N–H and O–H groups in total. The maximum atomic E-state index is 11.7. The Morgan fingerprint density at radius 2 is 1.57 bits per heavy atom. The van der Waals surface area contributed by atoms with Crippen LogP contribution in [0.5, 0.6) is 0 Å². The van der Waals surface area contributed by atoms with E-state index in [4.69, 9.17) is 34.8 Å². The molecule has 2 aromatic carbocycles. The summed E-state index contributed by atoms with van der Waals surface area (Å²) in [7, 11) is 0. The second kappa shape index (κ2) is 7.97. The predicted octanol–water partition coefficient (Wildman–Crippen LogP) is 3.74. The zero-order chi connectivity index (χ0) is 16.8. The third kappa shape index (κ3) is 5.25. The lowest BCUT2D eigenvalue weighted by atomic mass is 10.2. The summed E-state index contributed by atoms with van der Waals surface area (Å²) in [5.74, 6) is -1.85. The highest BCUT2D eigenvalue weighted by Crippen LogP contribution is 2.25. The molecule has 0 saturated carbocycles. The van der Waals surface area contributed by atoms with E-state index in [1.165, 1.54) is 18.3 Å². The fraction of sp³-hybridized carbons (Fsp3) is 0. The molecular weight excluding hydrogens is 361 g/mol. The van der Waals surface area contributed by atoms with Gasteiger partial charge in [-0.3, -0.25) is 9.59 Å². The van der Waals surface area contributed by atoms with Gasteiger partial charge in [-0.05, 0) is 35.9 Å². The molecule has 2 aromatic rings. The minimum atomic E-state index is -0.939. The fourth-order valence-electron chi connectivity index (χ4n) is 1.54. The van der Waals surface area contributed by atoms with Crippen LogP contribution in [-0.4, -0.2) is 18.0 Å². The molecule has 0 radical (unpaired) electrons. The van der Waals surface area contributed by atoms with Crippen LogP contribution in [-0.2, 0) is 9.59 Å². The Hall–Kier alpha value is -2.08. The SMILES string of the molecule is O=C(N/N=C\c1ccc(Cl)cc1)C(=O)Nc1cc(Cl)ccc1Cl. The summed E-state index contributed by atoms with van der Waals surface area (Å²) in [6.45, 7) is 0. The maximum Gasteiger partial charge on any atom is 0.329 e. The highest BCUT2D eigenvalue weighted by Gasteiger charge is 2.14. The van der Waals surface area contributed by atoms with Crippen LogP contribution in [0.25, 0.3) is 0 Å². The highest BCUT2D eigenvalue weighted by molar-refractivity contribution is 6.42. The van der Waals surface area contributed by atoms with Gasteiger partial charge in [0.1, 0.15) is 0 Å². The molecule has 8 heteroatoms. The number of benzene rings is 2. The Morgan fingerprint density at radius 1 is 0.913 bits per heavy atom. The summed E-state index contributed by atoms with van der Waals surface area (Å²) < 4.78 is 0. The molecule has 0 aromatic heterocycles. The molecule has 2 amide bonds. The van der Waals surface area contributed by atoms with Crippen molar-refractivity contribution in [2.75, 3.05) is 5.32 Å². The van der Waals surface area contributed by atoms with Crippen LogP contribution in [0.15, 0.2) is 47.6 Å². The van der Waals surface area contributed by atoms with Gasteiger partial charge in [0, 0.05) is 10.0 Å². The minimum absolute atomic E-state index is 0.237. The van der Waals surface area contributed by atoms with Gasteiger partial charge in [-0.2, -0.15) is 5.10 Å². The van der Waals surface area contributed by atoms with Crippen molar-refractivity contribution in [2.24, 2.45) is 5.10 Å². The summed E-state index contributed by atoms with van der Waals surface area (Å²) in [5, 5.41) is 7.27. The minimum Gasteiger partial charge on any atom is -0.316 e. The number of hydrogen-bond acceptors (Lipinski definition) is 3. The van der Waals surface area contributed by atoms with Crippen LogP contribution >= 0.6 is 34.8 Å². The summed E-state index contributed by atoms with van der Waals surface area (Å²) in [6.07, 6.45) is 1.38. The number of amides is 2. The van der Waals surface area contributed by atoms with Crippen LogP contribution in [0.1, 0.15) is 5.56 Å². The number of halogens is 3. The molecule has 23 heavy (non-hydrogen) atoms. The van der Waals surface area contributed by atoms with E-state index in [-0.39, 0.29) is 10.7 Å². The predicted molar refractivity (Wildman–Crippen MR) is 92.3 cm³/mol. The molecule has 0 aliphatic heterocycles. The molecular formula is C15H10Cl3N3O2. The van der Waals surface area contributed by atoms with E-state index in [2.05, 4.69) is 15.8 Å². The second-order valence-corrected chi connectivity index (χ2v) is 5.61. The van der Waals surface area contributed by atoms with Crippen LogP contribution in [0, 0.1) is 0 Å². The van der Waals surface area contributed by atoms with Gasteiger partial charge in [-0.15, -0.1) is 0 Å². The first-order valence-corrected chi connectivity index (χ1v) is 7.44. The third-order valence-electron chi connectivity index (χ3n) is 2.63. The van der Waals surface area contributed by atoms with Crippen molar-refractivity contribution in [3.05, 3.63) is 63.1 Å². The monoisotopic (exact) mass is 369 g/mol. The molecule has 0 heterocycles. The van der Waals surface area contributed by atoms with Crippen molar-refractivity contribution in [1.82, 2.24) is 5.43 Å². The summed E-state index contributed by atoms with van der Waals surface area (Å²) in [5.41, 5.74) is 3.06. The number of carbonyl (C=O) groups is 2. The standard InChI is InChI=1S/C15H10Cl3N3O2/c16-10-3-1-9(2-4-10)8-19-21-15(23)14(22)20-13-7-11(17)5-6-12(13)18/h1-8H,(H,20,22)(H,21,23)/b19-8-. The lowest BCUT2D eigenvalue weighted by Crippen LogP contribution is -2.32. The number of anilines is 1. The van der Waals surface area contributed by atoms with Gasteiger partial charge in [-0.1, -0.05) is 46.9 Å². The van der Waals surface area contributed by atoms with Gasteiger partial charge in [-0.25, -0.2) is 5.43 Å². The molecule has 0 aliphatic rings. The molecule has 0 fully saturated rings. The van der Waals surface area contributed by atoms with Gasteiger partial charge in [0.25, 0.3) is 0 Å². The Labute approximate surface area is 147 Å². The van der Waals surface area contributed by atoms with Gasteiger partial charge >= 0.3 is 11.8 Å². The molecule has 0 aliphatic carbocycles. The first-order valence-electron chi connectivity index (χ1n) is 6.31. The number of rotatable bonds is 3. The average molecular weight is 371 g/mol. The van der Waals surface area contributed by atoms with E-state index in [0.29, 0.717) is 15.6 Å². The summed E-state index contributed by atoms with van der Waals surface area (Å²) in [4.78, 5) is 23.4. The van der Waals surface area contributed by atoms with Gasteiger partial charge in [0.2, 0.25) is 0 Å². The van der Waals surface area contributed by atoms with Crippen molar-refractivity contribution in [2.45, 2.75) is 0 Å². The van der Waals surface area contributed by atoms with Crippen LogP contribution < -0.4 is 10.7 Å². The maximum absolute atomic E-state index is 11.7. The van der Waals surface area contributed by atoms with E-state index >= 15 is 0 Å². The molecule has 2 rings (SSSR count). The lowest BCUT2D eigenvalue weighted by Gasteiger charge is -2.06. The first-order chi connectivity index (χ1) is 11.0. The number of nitrogens with one attached hydrogen (secondary N) is 2.